The Labute approximate surface area is 96.5 Å². The highest BCUT2D eigenvalue weighted by atomic mass is 15.5. The van der Waals surface area contributed by atoms with Crippen molar-refractivity contribution in [3.8, 4) is 0 Å². The molecule has 0 aliphatic carbocycles. The molecule has 4 aromatic rings. The molecule has 0 amide bonds. The summed E-state index contributed by atoms with van der Waals surface area (Å²) in [6, 6.07) is 17.2. The first-order valence-corrected chi connectivity index (χ1v) is 5.34. The van der Waals surface area contributed by atoms with Crippen molar-refractivity contribution >= 4 is 27.3 Å². The fourth-order valence-electron chi connectivity index (χ4n) is 2.24. The number of tetrazole rings is 1. The Kier molecular flexibility index (Phi) is 1.53. The fourth-order valence-corrected chi connectivity index (χ4v) is 2.24. The van der Waals surface area contributed by atoms with E-state index >= 15 is 0 Å². The number of hydrogen-bond acceptors (Lipinski definition) is 3. The molecule has 2 aromatic carbocycles. The largest absolute Gasteiger partial charge is 0.192 e. The lowest BCUT2D eigenvalue weighted by atomic mass is 10.1. The van der Waals surface area contributed by atoms with Crippen LogP contribution in [0.3, 0.4) is 0 Å². The second-order valence-electron chi connectivity index (χ2n) is 3.89. The van der Waals surface area contributed by atoms with Gasteiger partial charge in [0, 0.05) is 10.8 Å². The molecule has 0 unspecified atom stereocenters. The lowest BCUT2D eigenvalue weighted by Gasteiger charge is -2.04. The molecule has 4 heteroatoms. The quantitative estimate of drug-likeness (QED) is 0.426. The van der Waals surface area contributed by atoms with E-state index in [1.807, 2.05) is 30.3 Å². The predicted octanol–water partition coefficient (Wildman–Crippen LogP) is 2.23. The van der Waals surface area contributed by atoms with Crippen LogP contribution in [0.4, 0.5) is 0 Å². The topological polar surface area (TPSA) is 43.1 Å². The van der Waals surface area contributed by atoms with E-state index in [1.165, 1.54) is 0 Å². The molecule has 79 valence electrons. The molecule has 0 saturated heterocycles. The maximum absolute atomic E-state index is 4.07. The minimum Gasteiger partial charge on any atom is -0.192 e. The molecule has 2 aromatic heterocycles. The number of benzene rings is 2. The average Bonchev–Trinajstić information content (AvgIpc) is 2.89. The summed E-state index contributed by atoms with van der Waals surface area (Å²) in [7, 11) is 0. The Morgan fingerprint density at radius 3 is 2.88 bits per heavy atom. The Morgan fingerprint density at radius 2 is 1.88 bits per heavy atom. The van der Waals surface area contributed by atoms with Crippen molar-refractivity contribution < 1.29 is 0 Å². The van der Waals surface area contributed by atoms with Gasteiger partial charge in [0.2, 0.25) is 0 Å². The normalized spacial score (nSPS) is 11.5. The van der Waals surface area contributed by atoms with E-state index in [4.69, 9.17) is 0 Å². The van der Waals surface area contributed by atoms with Crippen LogP contribution in [0.2, 0.25) is 0 Å². The van der Waals surface area contributed by atoms with E-state index in [0.717, 1.165) is 27.3 Å². The molecule has 2 heterocycles. The van der Waals surface area contributed by atoms with Gasteiger partial charge in [0.25, 0.3) is 0 Å². The molecule has 0 atom stereocenters. The van der Waals surface area contributed by atoms with Gasteiger partial charge in [0.1, 0.15) is 0 Å². The van der Waals surface area contributed by atoms with Gasteiger partial charge in [-0.1, -0.05) is 36.4 Å². The SMILES string of the molecule is [c]1cccc2c1c1nnnn1c1ccccc21. The number of para-hydroxylation sites is 1. The molecular weight excluding hydrogens is 212 g/mol. The summed E-state index contributed by atoms with van der Waals surface area (Å²) < 4.78 is 1.76. The van der Waals surface area contributed by atoms with Gasteiger partial charge in [0.15, 0.2) is 5.65 Å². The predicted molar refractivity (Wildman–Crippen MR) is 64.6 cm³/mol. The van der Waals surface area contributed by atoms with Crippen LogP contribution in [0, 0.1) is 6.07 Å². The summed E-state index contributed by atoms with van der Waals surface area (Å²) in [5.41, 5.74) is 1.76. The third-order valence-corrected chi connectivity index (χ3v) is 2.97. The Hall–Kier alpha value is -2.49. The summed E-state index contributed by atoms with van der Waals surface area (Å²) in [6.07, 6.45) is 0. The second kappa shape index (κ2) is 3.01. The van der Waals surface area contributed by atoms with E-state index < -0.39 is 0 Å². The Balaban J connectivity index is 2.48. The lowest BCUT2D eigenvalue weighted by molar-refractivity contribution is 0.842. The molecule has 0 saturated carbocycles. The highest BCUT2D eigenvalue weighted by Gasteiger charge is 2.09. The number of nitrogens with zero attached hydrogens (tertiary/aromatic N) is 4. The average molecular weight is 219 g/mol. The van der Waals surface area contributed by atoms with Gasteiger partial charge in [-0.3, -0.25) is 0 Å². The molecule has 0 aliphatic rings. The van der Waals surface area contributed by atoms with Gasteiger partial charge in [-0.25, -0.2) is 0 Å². The molecular formula is C13H7N4. The fraction of sp³-hybridized carbons (Fsp3) is 0. The maximum Gasteiger partial charge on any atom is 0.188 e. The third kappa shape index (κ3) is 1.04. The second-order valence-corrected chi connectivity index (χ2v) is 3.89. The monoisotopic (exact) mass is 219 g/mol. The molecule has 0 fully saturated rings. The molecule has 4 nitrogen and oxygen atoms in total. The lowest BCUT2D eigenvalue weighted by Crippen LogP contribution is -1.92. The van der Waals surface area contributed by atoms with E-state index in [1.54, 1.807) is 4.52 Å². The van der Waals surface area contributed by atoms with Crippen LogP contribution in [0.5, 0.6) is 0 Å². The molecule has 0 aliphatic heterocycles. The van der Waals surface area contributed by atoms with Crippen LogP contribution >= 0.6 is 0 Å². The zero-order chi connectivity index (χ0) is 11.2. The first-order chi connectivity index (χ1) is 8.45. The van der Waals surface area contributed by atoms with Crippen LogP contribution in [0.25, 0.3) is 27.3 Å². The number of hydrogen-bond donors (Lipinski definition) is 0. The number of rotatable bonds is 0. The summed E-state index contributed by atoms with van der Waals surface area (Å²) >= 11 is 0. The van der Waals surface area contributed by atoms with Crippen molar-refractivity contribution in [2.75, 3.05) is 0 Å². The zero-order valence-electron chi connectivity index (χ0n) is 8.83. The smallest absolute Gasteiger partial charge is 0.188 e. The number of aromatic nitrogens is 4. The molecule has 0 bridgehead atoms. The molecule has 1 radical (unpaired) electrons. The van der Waals surface area contributed by atoms with Crippen molar-refractivity contribution in [1.82, 2.24) is 20.0 Å². The van der Waals surface area contributed by atoms with Gasteiger partial charge < -0.3 is 0 Å². The molecule has 4 rings (SSSR count). The van der Waals surface area contributed by atoms with Crippen molar-refractivity contribution in [2.45, 2.75) is 0 Å². The highest BCUT2D eigenvalue weighted by molar-refractivity contribution is 6.10. The van der Waals surface area contributed by atoms with Crippen LogP contribution < -0.4 is 0 Å². The standard InChI is InChI=1S/C13H7N4/c1-2-7-11-9(5-1)10-6-3-4-8-12(10)17-13(11)14-15-16-17/h1-6,8H. The van der Waals surface area contributed by atoms with Crippen LogP contribution in [0.1, 0.15) is 0 Å². The van der Waals surface area contributed by atoms with Gasteiger partial charge in [-0.2, -0.15) is 4.52 Å². The summed E-state index contributed by atoms with van der Waals surface area (Å²) in [6.45, 7) is 0. The summed E-state index contributed by atoms with van der Waals surface area (Å²) in [4.78, 5) is 0. The van der Waals surface area contributed by atoms with Crippen molar-refractivity contribution in [1.29, 1.82) is 0 Å². The van der Waals surface area contributed by atoms with E-state index in [-0.39, 0.29) is 0 Å². The molecule has 17 heavy (non-hydrogen) atoms. The zero-order valence-corrected chi connectivity index (χ0v) is 8.83. The van der Waals surface area contributed by atoms with Crippen LogP contribution in [-0.4, -0.2) is 20.0 Å². The number of fused-ring (bicyclic) bond motifs is 6. The van der Waals surface area contributed by atoms with E-state index in [2.05, 4.69) is 33.7 Å². The summed E-state index contributed by atoms with van der Waals surface area (Å²) in [5.74, 6) is 0. The van der Waals surface area contributed by atoms with Crippen LogP contribution in [-0.2, 0) is 0 Å². The van der Waals surface area contributed by atoms with Gasteiger partial charge in [-0.05, 0) is 27.9 Å². The van der Waals surface area contributed by atoms with Gasteiger partial charge in [0.05, 0.1) is 5.52 Å². The summed E-state index contributed by atoms with van der Waals surface area (Å²) in [5, 5.41) is 15.1. The highest BCUT2D eigenvalue weighted by Crippen LogP contribution is 2.26. The van der Waals surface area contributed by atoms with Crippen molar-refractivity contribution in [3.05, 3.63) is 48.5 Å². The van der Waals surface area contributed by atoms with Crippen LogP contribution in [0.15, 0.2) is 42.5 Å². The van der Waals surface area contributed by atoms with Crippen molar-refractivity contribution in [3.63, 3.8) is 0 Å². The molecule has 0 N–H and O–H groups in total. The minimum absolute atomic E-state index is 0.749. The minimum atomic E-state index is 0.749. The van der Waals surface area contributed by atoms with E-state index in [9.17, 15) is 0 Å². The first kappa shape index (κ1) is 8.64. The van der Waals surface area contributed by atoms with E-state index in [0.29, 0.717) is 0 Å². The number of pyridine rings is 1. The first-order valence-electron chi connectivity index (χ1n) is 5.34. The van der Waals surface area contributed by atoms with Gasteiger partial charge in [-0.15, -0.1) is 5.10 Å². The van der Waals surface area contributed by atoms with Gasteiger partial charge >= 0.3 is 0 Å². The maximum atomic E-state index is 4.07. The van der Waals surface area contributed by atoms with Crippen molar-refractivity contribution in [2.24, 2.45) is 0 Å². The Bertz CT molecular complexity index is 778. The molecule has 0 spiro atoms. The third-order valence-electron chi connectivity index (χ3n) is 2.97. The Morgan fingerprint density at radius 1 is 1.00 bits per heavy atom.